The first-order valence-electron chi connectivity index (χ1n) is 9.34. The second kappa shape index (κ2) is 10.9. The Morgan fingerprint density at radius 3 is 2.28 bits per heavy atom. The van der Waals surface area contributed by atoms with Crippen molar-refractivity contribution in [1.29, 1.82) is 0 Å². The lowest BCUT2D eigenvalue weighted by Gasteiger charge is -2.12. The van der Waals surface area contributed by atoms with Gasteiger partial charge in [-0.05, 0) is 48.2 Å². The van der Waals surface area contributed by atoms with E-state index in [9.17, 15) is 4.79 Å². The van der Waals surface area contributed by atoms with Crippen molar-refractivity contribution >= 4 is 12.1 Å². The molecule has 7 heteroatoms. The molecule has 1 N–H and O–H groups in total. The van der Waals surface area contributed by atoms with E-state index in [0.29, 0.717) is 41.1 Å². The van der Waals surface area contributed by atoms with Gasteiger partial charge in [-0.25, -0.2) is 5.43 Å². The predicted octanol–water partition coefficient (Wildman–Crippen LogP) is 3.90. The summed E-state index contributed by atoms with van der Waals surface area (Å²) in [5, 5.41) is 4.02. The highest BCUT2D eigenvalue weighted by Gasteiger charge is 2.09. The van der Waals surface area contributed by atoms with E-state index in [1.807, 2.05) is 12.1 Å². The van der Waals surface area contributed by atoms with Gasteiger partial charge in [-0.1, -0.05) is 13.8 Å². The second-order valence-electron chi connectivity index (χ2n) is 6.74. The Labute approximate surface area is 171 Å². The minimum Gasteiger partial charge on any atom is -0.497 e. The number of methoxy groups -OCH3 is 3. The average molecular weight is 400 g/mol. The number of ether oxygens (including phenoxy) is 4. The molecule has 0 unspecified atom stereocenters. The summed E-state index contributed by atoms with van der Waals surface area (Å²) in [6.45, 7) is 4.92. The number of nitrogens with one attached hydrogen (secondary N) is 1. The maximum atomic E-state index is 12.3. The van der Waals surface area contributed by atoms with Crippen LogP contribution in [-0.2, 0) is 0 Å². The lowest BCUT2D eigenvalue weighted by atomic mass is 10.1. The standard InChI is InChI=1S/C22H28N2O5/c1-15(2)8-9-29-20-7-6-16(10-21(20)28-5)14-23-24-22(25)17-11-18(26-3)13-19(12-17)27-4/h6-7,10-15H,8-9H2,1-5H3,(H,24,25)/b23-14+. The fourth-order valence-electron chi connectivity index (χ4n) is 2.46. The van der Waals surface area contributed by atoms with Gasteiger partial charge < -0.3 is 18.9 Å². The Balaban J connectivity index is 2.03. The van der Waals surface area contributed by atoms with E-state index in [4.69, 9.17) is 18.9 Å². The molecule has 156 valence electrons. The van der Waals surface area contributed by atoms with Crippen LogP contribution < -0.4 is 24.4 Å². The lowest BCUT2D eigenvalue weighted by Crippen LogP contribution is -2.17. The van der Waals surface area contributed by atoms with E-state index in [-0.39, 0.29) is 5.91 Å². The number of hydrogen-bond donors (Lipinski definition) is 1. The van der Waals surface area contributed by atoms with E-state index >= 15 is 0 Å². The maximum absolute atomic E-state index is 12.3. The zero-order valence-corrected chi connectivity index (χ0v) is 17.5. The van der Waals surface area contributed by atoms with Gasteiger partial charge in [0.05, 0.1) is 34.2 Å². The quantitative estimate of drug-likeness (QED) is 0.483. The van der Waals surface area contributed by atoms with Crippen molar-refractivity contribution in [1.82, 2.24) is 5.43 Å². The largest absolute Gasteiger partial charge is 0.497 e. The number of carbonyl (C=O) groups excluding carboxylic acids is 1. The summed E-state index contributed by atoms with van der Waals surface area (Å²) in [7, 11) is 4.64. The first kappa shape index (κ1) is 22.1. The van der Waals surface area contributed by atoms with Gasteiger partial charge in [0.2, 0.25) is 0 Å². The van der Waals surface area contributed by atoms with Crippen LogP contribution in [0.2, 0.25) is 0 Å². The molecule has 0 spiro atoms. The number of carbonyl (C=O) groups is 1. The van der Waals surface area contributed by atoms with Gasteiger partial charge in [0.25, 0.3) is 5.91 Å². The van der Waals surface area contributed by atoms with Crippen molar-refractivity contribution in [2.24, 2.45) is 11.0 Å². The van der Waals surface area contributed by atoms with Crippen LogP contribution in [0.15, 0.2) is 41.5 Å². The summed E-state index contributed by atoms with van der Waals surface area (Å²) in [6.07, 6.45) is 2.50. The smallest absolute Gasteiger partial charge is 0.271 e. The van der Waals surface area contributed by atoms with Crippen LogP contribution in [0.4, 0.5) is 0 Å². The summed E-state index contributed by atoms with van der Waals surface area (Å²) in [5.41, 5.74) is 3.64. The predicted molar refractivity (Wildman–Crippen MR) is 113 cm³/mol. The number of amides is 1. The number of hydrazone groups is 1. The van der Waals surface area contributed by atoms with E-state index in [1.54, 1.807) is 31.4 Å². The maximum Gasteiger partial charge on any atom is 0.271 e. The molecule has 0 aliphatic rings. The topological polar surface area (TPSA) is 78.4 Å². The Morgan fingerprint density at radius 2 is 1.69 bits per heavy atom. The summed E-state index contributed by atoms with van der Waals surface area (Å²) < 4.78 is 21.5. The minimum atomic E-state index is -0.376. The highest BCUT2D eigenvalue weighted by Crippen LogP contribution is 2.28. The molecule has 1 amide bonds. The van der Waals surface area contributed by atoms with Crippen LogP contribution in [0, 0.1) is 5.92 Å². The molecule has 0 aliphatic heterocycles. The van der Waals surface area contributed by atoms with Crippen molar-refractivity contribution in [2.45, 2.75) is 20.3 Å². The molecule has 2 aromatic carbocycles. The van der Waals surface area contributed by atoms with Crippen LogP contribution in [0.25, 0.3) is 0 Å². The molecule has 0 atom stereocenters. The summed E-state index contributed by atoms with van der Waals surface area (Å²) in [5.74, 6) is 2.53. The van der Waals surface area contributed by atoms with Crippen LogP contribution in [0.5, 0.6) is 23.0 Å². The van der Waals surface area contributed by atoms with E-state index in [0.717, 1.165) is 12.0 Å². The molecular formula is C22H28N2O5. The Bertz CT molecular complexity index is 827. The second-order valence-corrected chi connectivity index (χ2v) is 6.74. The first-order valence-corrected chi connectivity index (χ1v) is 9.34. The van der Waals surface area contributed by atoms with Crippen molar-refractivity contribution in [3.63, 3.8) is 0 Å². The zero-order chi connectivity index (χ0) is 21.2. The number of hydrogen-bond acceptors (Lipinski definition) is 6. The van der Waals surface area contributed by atoms with Gasteiger partial charge >= 0.3 is 0 Å². The van der Waals surface area contributed by atoms with Gasteiger partial charge in [-0.3, -0.25) is 4.79 Å². The van der Waals surface area contributed by atoms with Gasteiger partial charge in [0.1, 0.15) is 11.5 Å². The molecule has 2 rings (SSSR count). The van der Waals surface area contributed by atoms with E-state index in [2.05, 4.69) is 24.4 Å². The van der Waals surface area contributed by atoms with Crippen LogP contribution in [-0.4, -0.2) is 40.1 Å². The molecule has 29 heavy (non-hydrogen) atoms. The third kappa shape index (κ3) is 6.71. The van der Waals surface area contributed by atoms with E-state index in [1.165, 1.54) is 20.4 Å². The first-order chi connectivity index (χ1) is 14.0. The highest BCUT2D eigenvalue weighted by atomic mass is 16.5. The molecule has 0 saturated heterocycles. The third-order valence-electron chi connectivity index (χ3n) is 4.13. The van der Waals surface area contributed by atoms with Crippen molar-refractivity contribution in [2.75, 3.05) is 27.9 Å². The average Bonchev–Trinajstić information content (AvgIpc) is 2.73. The van der Waals surface area contributed by atoms with E-state index < -0.39 is 0 Å². The van der Waals surface area contributed by atoms with Gasteiger partial charge in [-0.2, -0.15) is 5.10 Å². The molecule has 0 heterocycles. The normalized spacial score (nSPS) is 10.8. The Morgan fingerprint density at radius 1 is 1.00 bits per heavy atom. The zero-order valence-electron chi connectivity index (χ0n) is 17.5. The Kier molecular flexibility index (Phi) is 8.33. The van der Waals surface area contributed by atoms with Gasteiger partial charge in [0, 0.05) is 11.6 Å². The lowest BCUT2D eigenvalue weighted by molar-refractivity contribution is 0.0954. The van der Waals surface area contributed by atoms with Crippen LogP contribution in [0.1, 0.15) is 36.2 Å². The number of nitrogens with zero attached hydrogens (tertiary/aromatic N) is 1. The molecule has 0 radical (unpaired) electrons. The fourth-order valence-corrected chi connectivity index (χ4v) is 2.46. The molecule has 0 aliphatic carbocycles. The highest BCUT2D eigenvalue weighted by molar-refractivity contribution is 5.95. The summed E-state index contributed by atoms with van der Waals surface area (Å²) in [4.78, 5) is 12.3. The molecule has 0 saturated carbocycles. The van der Waals surface area contributed by atoms with Crippen molar-refractivity contribution in [3.8, 4) is 23.0 Å². The Hall–Kier alpha value is -3.22. The number of benzene rings is 2. The molecule has 0 bridgehead atoms. The SMILES string of the molecule is COc1cc(OC)cc(C(=O)N/N=C/c2ccc(OCCC(C)C)c(OC)c2)c1. The molecule has 7 nitrogen and oxygen atoms in total. The van der Waals surface area contributed by atoms with Crippen molar-refractivity contribution in [3.05, 3.63) is 47.5 Å². The molecular weight excluding hydrogens is 372 g/mol. The molecule has 2 aromatic rings. The summed E-state index contributed by atoms with van der Waals surface area (Å²) >= 11 is 0. The fraction of sp³-hybridized carbons (Fsp3) is 0.364. The van der Waals surface area contributed by atoms with Gasteiger partial charge in [0.15, 0.2) is 11.5 Å². The molecule has 0 fully saturated rings. The van der Waals surface area contributed by atoms with Crippen molar-refractivity contribution < 1.29 is 23.7 Å². The van der Waals surface area contributed by atoms with Crippen LogP contribution >= 0.6 is 0 Å². The third-order valence-corrected chi connectivity index (χ3v) is 4.13. The molecule has 0 aromatic heterocycles. The minimum absolute atomic E-state index is 0.376. The van der Waals surface area contributed by atoms with Crippen LogP contribution in [0.3, 0.4) is 0 Å². The monoisotopic (exact) mass is 400 g/mol. The van der Waals surface area contributed by atoms with Gasteiger partial charge in [-0.15, -0.1) is 0 Å². The summed E-state index contributed by atoms with van der Waals surface area (Å²) in [6, 6.07) is 10.4. The number of rotatable bonds is 10.